The topological polar surface area (TPSA) is 57.2 Å². The molecular weight excluding hydrogens is 352 g/mol. The monoisotopic (exact) mass is 384 g/mol. The van der Waals surface area contributed by atoms with Gasteiger partial charge in [0.05, 0.1) is 13.2 Å². The maximum atomic E-state index is 12.7. The Balaban J connectivity index is 1.22. The predicted octanol–water partition coefficient (Wildman–Crippen LogP) is 1.94. The van der Waals surface area contributed by atoms with Crippen molar-refractivity contribution in [1.82, 2.24) is 15.1 Å². The van der Waals surface area contributed by atoms with Crippen LogP contribution in [0.1, 0.15) is 30.7 Å². The maximum absolute atomic E-state index is 12.7. The van der Waals surface area contributed by atoms with E-state index in [0.29, 0.717) is 31.0 Å². The van der Waals surface area contributed by atoms with Gasteiger partial charge in [0, 0.05) is 45.7 Å². The Morgan fingerprint density at radius 1 is 1.11 bits per heavy atom. The lowest BCUT2D eigenvalue weighted by molar-refractivity contribution is -0.140. The average molecular weight is 385 g/mol. The second kappa shape index (κ2) is 8.95. The molecule has 2 atom stereocenters. The van der Waals surface area contributed by atoms with E-state index in [0.717, 1.165) is 51.5 Å². The number of morpholine rings is 1. The largest absolute Gasteiger partial charge is 0.378 e. The fraction of sp³-hybridized carbons (Fsp3) is 0.636. The molecule has 2 unspecified atom stereocenters. The summed E-state index contributed by atoms with van der Waals surface area (Å²) in [7, 11) is 1.86. The Kier molecular flexibility index (Phi) is 6.15. The molecular formula is C22H32N4O2. The quantitative estimate of drug-likeness (QED) is 0.637. The highest BCUT2D eigenvalue weighted by molar-refractivity contribution is 5.81. The Labute approximate surface area is 167 Å². The van der Waals surface area contributed by atoms with E-state index in [2.05, 4.69) is 45.5 Å². The van der Waals surface area contributed by atoms with Crippen LogP contribution in [0.25, 0.3) is 0 Å². The van der Waals surface area contributed by atoms with E-state index in [1.165, 1.54) is 12.0 Å². The van der Waals surface area contributed by atoms with Crippen molar-refractivity contribution >= 4 is 11.9 Å². The van der Waals surface area contributed by atoms with Gasteiger partial charge in [0.15, 0.2) is 5.96 Å². The SMILES string of the molecule is CN=C(NCC1CC1c1ccccc1)N1CCC(C(=O)N2CCOCC2)CC1. The zero-order chi connectivity index (χ0) is 19.3. The highest BCUT2D eigenvalue weighted by atomic mass is 16.5. The molecule has 0 bridgehead atoms. The van der Waals surface area contributed by atoms with Gasteiger partial charge in [-0.2, -0.15) is 0 Å². The normalized spacial score (nSPS) is 26.2. The fourth-order valence-electron chi connectivity index (χ4n) is 4.52. The predicted molar refractivity (Wildman–Crippen MR) is 110 cm³/mol. The third-order valence-electron chi connectivity index (χ3n) is 6.35. The van der Waals surface area contributed by atoms with Crippen LogP contribution in [0.15, 0.2) is 35.3 Å². The first-order valence-electron chi connectivity index (χ1n) is 10.6. The first kappa shape index (κ1) is 19.2. The standard InChI is InChI=1S/C22H32N4O2/c1-23-22(24-16-19-15-20(19)17-5-3-2-4-6-17)26-9-7-18(8-10-26)21(27)25-11-13-28-14-12-25/h2-6,18-20H,7-16H2,1H3,(H,23,24). The second-order valence-corrected chi connectivity index (χ2v) is 8.14. The summed E-state index contributed by atoms with van der Waals surface area (Å²) in [6.45, 7) is 5.59. The van der Waals surface area contributed by atoms with Crippen molar-refractivity contribution < 1.29 is 9.53 Å². The molecule has 152 valence electrons. The summed E-state index contributed by atoms with van der Waals surface area (Å²) < 4.78 is 5.36. The molecule has 6 nitrogen and oxygen atoms in total. The van der Waals surface area contributed by atoms with Crippen molar-refractivity contribution in [2.24, 2.45) is 16.8 Å². The summed E-state index contributed by atoms with van der Waals surface area (Å²) in [6, 6.07) is 10.8. The first-order chi connectivity index (χ1) is 13.8. The van der Waals surface area contributed by atoms with Crippen molar-refractivity contribution in [1.29, 1.82) is 0 Å². The summed E-state index contributed by atoms with van der Waals surface area (Å²) >= 11 is 0. The molecule has 3 aliphatic rings. The first-order valence-corrected chi connectivity index (χ1v) is 10.6. The average Bonchev–Trinajstić information content (AvgIpc) is 3.55. The van der Waals surface area contributed by atoms with Gasteiger partial charge in [-0.05, 0) is 36.7 Å². The van der Waals surface area contributed by atoms with Crippen molar-refractivity contribution in [3.05, 3.63) is 35.9 Å². The zero-order valence-electron chi connectivity index (χ0n) is 16.8. The number of nitrogens with zero attached hydrogens (tertiary/aromatic N) is 3. The van der Waals surface area contributed by atoms with Gasteiger partial charge in [0.2, 0.25) is 5.91 Å². The maximum Gasteiger partial charge on any atom is 0.225 e. The molecule has 1 aliphatic carbocycles. The van der Waals surface area contributed by atoms with Gasteiger partial charge >= 0.3 is 0 Å². The molecule has 1 aromatic carbocycles. The fourth-order valence-corrected chi connectivity index (χ4v) is 4.52. The van der Waals surface area contributed by atoms with Crippen LogP contribution in [0, 0.1) is 11.8 Å². The molecule has 0 spiro atoms. The minimum absolute atomic E-state index is 0.151. The number of piperidine rings is 1. The van der Waals surface area contributed by atoms with E-state index in [1.807, 2.05) is 11.9 Å². The Morgan fingerprint density at radius 2 is 1.82 bits per heavy atom. The molecule has 3 fully saturated rings. The molecule has 1 saturated carbocycles. The van der Waals surface area contributed by atoms with E-state index < -0.39 is 0 Å². The summed E-state index contributed by atoms with van der Waals surface area (Å²) in [6.07, 6.45) is 3.07. The number of hydrogen-bond acceptors (Lipinski definition) is 3. The number of guanidine groups is 1. The summed E-state index contributed by atoms with van der Waals surface area (Å²) in [5.41, 5.74) is 1.45. The molecule has 0 aromatic heterocycles. The molecule has 1 N–H and O–H groups in total. The molecule has 1 aromatic rings. The number of rotatable bonds is 4. The number of benzene rings is 1. The van der Waals surface area contributed by atoms with Gasteiger partial charge in [-0.25, -0.2) is 0 Å². The summed E-state index contributed by atoms with van der Waals surface area (Å²) in [4.78, 5) is 21.5. The zero-order valence-corrected chi connectivity index (χ0v) is 16.8. The van der Waals surface area contributed by atoms with Crippen LogP contribution in [-0.4, -0.2) is 74.7 Å². The van der Waals surface area contributed by atoms with Crippen LogP contribution < -0.4 is 5.32 Å². The van der Waals surface area contributed by atoms with E-state index >= 15 is 0 Å². The number of amides is 1. The number of hydrogen-bond donors (Lipinski definition) is 1. The smallest absolute Gasteiger partial charge is 0.225 e. The molecule has 28 heavy (non-hydrogen) atoms. The summed E-state index contributed by atoms with van der Waals surface area (Å²) in [5.74, 6) is 2.83. The number of nitrogens with one attached hydrogen (secondary N) is 1. The van der Waals surface area contributed by atoms with Crippen molar-refractivity contribution in [2.45, 2.75) is 25.2 Å². The van der Waals surface area contributed by atoms with Gasteiger partial charge in [-0.3, -0.25) is 9.79 Å². The minimum Gasteiger partial charge on any atom is -0.378 e. The van der Waals surface area contributed by atoms with Crippen LogP contribution in [-0.2, 0) is 9.53 Å². The summed E-state index contributed by atoms with van der Waals surface area (Å²) in [5, 5.41) is 3.57. The second-order valence-electron chi connectivity index (χ2n) is 8.14. The van der Waals surface area contributed by atoms with E-state index in [1.54, 1.807) is 0 Å². The Bertz CT molecular complexity index is 679. The lowest BCUT2D eigenvalue weighted by atomic mass is 9.95. The number of ether oxygens (including phenoxy) is 1. The number of carbonyl (C=O) groups is 1. The van der Waals surface area contributed by atoms with Crippen LogP contribution in [0.2, 0.25) is 0 Å². The molecule has 2 heterocycles. The molecule has 1 amide bonds. The van der Waals surface area contributed by atoms with Crippen LogP contribution >= 0.6 is 0 Å². The van der Waals surface area contributed by atoms with Gasteiger partial charge in [0.25, 0.3) is 0 Å². The van der Waals surface area contributed by atoms with Crippen LogP contribution in [0.3, 0.4) is 0 Å². The van der Waals surface area contributed by atoms with Gasteiger partial charge < -0.3 is 19.9 Å². The van der Waals surface area contributed by atoms with Crippen molar-refractivity contribution in [3.8, 4) is 0 Å². The van der Waals surface area contributed by atoms with E-state index in [-0.39, 0.29) is 5.92 Å². The Hall–Kier alpha value is -2.08. The molecule has 0 radical (unpaired) electrons. The molecule has 6 heteroatoms. The Morgan fingerprint density at radius 3 is 2.50 bits per heavy atom. The highest BCUT2D eigenvalue weighted by Gasteiger charge is 2.38. The van der Waals surface area contributed by atoms with Gasteiger partial charge in [0.1, 0.15) is 0 Å². The molecule has 2 saturated heterocycles. The number of carbonyl (C=O) groups excluding carboxylic acids is 1. The minimum atomic E-state index is 0.151. The third-order valence-corrected chi connectivity index (χ3v) is 6.35. The lowest BCUT2D eigenvalue weighted by Crippen LogP contribution is -2.50. The molecule has 2 aliphatic heterocycles. The van der Waals surface area contributed by atoms with Gasteiger partial charge in [-0.1, -0.05) is 30.3 Å². The van der Waals surface area contributed by atoms with E-state index in [9.17, 15) is 4.79 Å². The van der Waals surface area contributed by atoms with Crippen molar-refractivity contribution in [2.75, 3.05) is 53.0 Å². The third kappa shape index (κ3) is 4.49. The van der Waals surface area contributed by atoms with Gasteiger partial charge in [-0.15, -0.1) is 0 Å². The van der Waals surface area contributed by atoms with E-state index in [4.69, 9.17) is 4.74 Å². The van der Waals surface area contributed by atoms with Crippen molar-refractivity contribution in [3.63, 3.8) is 0 Å². The molecule has 4 rings (SSSR count). The van der Waals surface area contributed by atoms with Crippen LogP contribution in [0.5, 0.6) is 0 Å². The number of likely N-dealkylation sites (tertiary alicyclic amines) is 1. The lowest BCUT2D eigenvalue weighted by Gasteiger charge is -2.36. The van der Waals surface area contributed by atoms with Crippen LogP contribution in [0.4, 0.5) is 0 Å². The highest BCUT2D eigenvalue weighted by Crippen LogP contribution is 2.46. The number of aliphatic imine (C=N–C) groups is 1.